The smallest absolute Gasteiger partial charge is 0.243 e. The van der Waals surface area contributed by atoms with Crippen LogP contribution in [0.15, 0.2) is 53.4 Å². The zero-order valence-corrected chi connectivity index (χ0v) is 20.3. The van der Waals surface area contributed by atoms with Gasteiger partial charge in [-0.3, -0.25) is 4.79 Å². The molecule has 0 saturated carbocycles. The van der Waals surface area contributed by atoms with Crippen LogP contribution in [0.1, 0.15) is 25.7 Å². The molecule has 0 bridgehead atoms. The zero-order valence-electron chi connectivity index (χ0n) is 18.7. The van der Waals surface area contributed by atoms with E-state index in [9.17, 15) is 13.2 Å². The first-order valence-electron chi connectivity index (χ1n) is 11.3. The van der Waals surface area contributed by atoms with Crippen molar-refractivity contribution in [1.29, 1.82) is 0 Å². The van der Waals surface area contributed by atoms with Gasteiger partial charge in [-0.2, -0.15) is 4.31 Å². The maximum absolute atomic E-state index is 13.0. The average molecular weight is 492 g/mol. The predicted octanol–water partition coefficient (Wildman–Crippen LogP) is 3.85. The molecule has 2 fully saturated rings. The number of likely N-dealkylation sites (tertiary alicyclic amines) is 1. The van der Waals surface area contributed by atoms with Gasteiger partial charge in [-0.25, -0.2) is 8.42 Å². The van der Waals surface area contributed by atoms with Gasteiger partial charge in [0.2, 0.25) is 15.9 Å². The Morgan fingerprint density at radius 3 is 2.33 bits per heavy atom. The van der Waals surface area contributed by atoms with Crippen molar-refractivity contribution < 1.29 is 17.9 Å². The van der Waals surface area contributed by atoms with Gasteiger partial charge < -0.3 is 15.0 Å². The van der Waals surface area contributed by atoms with Crippen molar-refractivity contribution in [2.45, 2.75) is 36.7 Å². The van der Waals surface area contributed by atoms with E-state index in [4.69, 9.17) is 16.3 Å². The highest BCUT2D eigenvalue weighted by atomic mass is 35.5. The van der Waals surface area contributed by atoms with Crippen LogP contribution in [0.2, 0.25) is 5.02 Å². The van der Waals surface area contributed by atoms with Gasteiger partial charge in [0.25, 0.3) is 0 Å². The van der Waals surface area contributed by atoms with Crippen LogP contribution in [0, 0.1) is 5.92 Å². The van der Waals surface area contributed by atoms with Crippen LogP contribution in [0.3, 0.4) is 0 Å². The third-order valence-electron chi connectivity index (χ3n) is 6.30. The molecule has 0 spiro atoms. The number of carbonyl (C=O) groups is 1. The fourth-order valence-electron chi connectivity index (χ4n) is 4.29. The lowest BCUT2D eigenvalue weighted by molar-refractivity contribution is -0.120. The standard InChI is InChI=1S/C24H30ClN3O4S/c1-27-15-12-22(13-16-27)32-21-8-6-20(7-9-21)26-24(29)18-3-2-14-28(17-18)33(30,31)23-10-4-19(25)5-11-23/h4-11,18,22H,2-3,12-17H2,1H3,(H,26,29)/t18-/m1/s1. The van der Waals surface area contributed by atoms with Crippen LogP contribution in [0.4, 0.5) is 5.69 Å². The lowest BCUT2D eigenvalue weighted by Crippen LogP contribution is -2.43. The van der Waals surface area contributed by atoms with Crippen molar-refractivity contribution in [1.82, 2.24) is 9.21 Å². The number of piperidine rings is 2. The van der Waals surface area contributed by atoms with Gasteiger partial charge in [0.1, 0.15) is 11.9 Å². The molecule has 2 heterocycles. The zero-order chi connectivity index (χ0) is 23.4. The fourth-order valence-corrected chi connectivity index (χ4v) is 5.94. The second-order valence-electron chi connectivity index (χ2n) is 8.79. The van der Waals surface area contributed by atoms with Gasteiger partial charge in [-0.05, 0) is 81.3 Å². The summed E-state index contributed by atoms with van der Waals surface area (Å²) in [5.74, 6) is 0.214. The summed E-state index contributed by atoms with van der Waals surface area (Å²) in [6, 6.07) is 13.5. The number of hydrogen-bond donors (Lipinski definition) is 1. The maximum Gasteiger partial charge on any atom is 0.243 e. The molecule has 0 aromatic heterocycles. The van der Waals surface area contributed by atoms with Gasteiger partial charge in [-0.15, -0.1) is 0 Å². The van der Waals surface area contributed by atoms with Crippen molar-refractivity contribution in [3.63, 3.8) is 0 Å². The molecule has 178 valence electrons. The molecular weight excluding hydrogens is 462 g/mol. The molecule has 2 aromatic rings. The minimum atomic E-state index is -3.67. The van der Waals surface area contributed by atoms with E-state index in [-0.39, 0.29) is 23.5 Å². The maximum atomic E-state index is 13.0. The molecule has 2 saturated heterocycles. The highest BCUT2D eigenvalue weighted by molar-refractivity contribution is 7.89. The molecule has 1 N–H and O–H groups in total. The fraction of sp³-hybridized carbons (Fsp3) is 0.458. The molecule has 0 unspecified atom stereocenters. The first-order chi connectivity index (χ1) is 15.8. The molecule has 0 radical (unpaired) electrons. The van der Waals surface area contributed by atoms with Gasteiger partial charge in [0, 0.05) is 36.9 Å². The summed E-state index contributed by atoms with van der Waals surface area (Å²) in [6.45, 7) is 2.63. The van der Waals surface area contributed by atoms with Gasteiger partial charge in [0.15, 0.2) is 0 Å². The minimum Gasteiger partial charge on any atom is -0.490 e. The number of nitrogens with one attached hydrogen (secondary N) is 1. The highest BCUT2D eigenvalue weighted by Gasteiger charge is 2.33. The summed E-state index contributed by atoms with van der Waals surface area (Å²) < 4.78 is 33.4. The summed E-state index contributed by atoms with van der Waals surface area (Å²) in [4.78, 5) is 15.4. The lowest BCUT2D eigenvalue weighted by atomic mass is 9.98. The van der Waals surface area contributed by atoms with Crippen LogP contribution >= 0.6 is 11.6 Å². The largest absolute Gasteiger partial charge is 0.490 e. The van der Waals surface area contributed by atoms with Gasteiger partial charge in [-0.1, -0.05) is 11.6 Å². The van der Waals surface area contributed by atoms with Gasteiger partial charge in [0.05, 0.1) is 10.8 Å². The molecular formula is C24H30ClN3O4S. The SMILES string of the molecule is CN1CCC(Oc2ccc(NC(=O)[C@@H]3CCCN(S(=O)(=O)c4ccc(Cl)cc4)C3)cc2)CC1. The Morgan fingerprint density at radius 2 is 1.67 bits per heavy atom. The minimum absolute atomic E-state index is 0.161. The Hall–Kier alpha value is -2.13. The monoisotopic (exact) mass is 491 g/mol. The lowest BCUT2D eigenvalue weighted by Gasteiger charge is -2.31. The molecule has 4 rings (SSSR count). The van der Waals surface area contributed by atoms with E-state index in [1.165, 1.54) is 16.4 Å². The normalized spacial score (nSPS) is 21.0. The number of nitrogens with zero attached hydrogens (tertiary/aromatic N) is 2. The van der Waals surface area contributed by atoms with E-state index in [0.717, 1.165) is 31.7 Å². The number of ether oxygens (including phenoxy) is 1. The molecule has 33 heavy (non-hydrogen) atoms. The topological polar surface area (TPSA) is 79.0 Å². The van der Waals surface area contributed by atoms with Crippen molar-refractivity contribution in [3.05, 3.63) is 53.6 Å². The first kappa shape index (κ1) is 24.0. The van der Waals surface area contributed by atoms with E-state index in [1.807, 2.05) is 24.3 Å². The summed E-state index contributed by atoms with van der Waals surface area (Å²) >= 11 is 5.88. The van der Waals surface area contributed by atoms with Crippen LogP contribution in [0.5, 0.6) is 5.75 Å². The Kier molecular flexibility index (Phi) is 7.58. The van der Waals surface area contributed by atoms with Crippen LogP contribution in [-0.2, 0) is 14.8 Å². The van der Waals surface area contributed by atoms with Crippen molar-refractivity contribution in [3.8, 4) is 5.75 Å². The quantitative estimate of drug-likeness (QED) is 0.664. The number of benzene rings is 2. The summed E-state index contributed by atoms with van der Waals surface area (Å²) in [5.41, 5.74) is 0.674. The average Bonchev–Trinajstić information content (AvgIpc) is 2.82. The molecule has 0 aliphatic carbocycles. The Labute approximate surface area is 200 Å². The van der Waals surface area contributed by atoms with E-state index in [1.54, 1.807) is 12.1 Å². The van der Waals surface area contributed by atoms with E-state index in [2.05, 4.69) is 17.3 Å². The molecule has 2 aliphatic rings. The molecule has 7 nitrogen and oxygen atoms in total. The first-order valence-corrected chi connectivity index (χ1v) is 13.1. The second-order valence-corrected chi connectivity index (χ2v) is 11.2. The molecule has 2 aromatic carbocycles. The Balaban J connectivity index is 1.34. The number of rotatable bonds is 6. The number of sulfonamides is 1. The highest BCUT2D eigenvalue weighted by Crippen LogP contribution is 2.26. The number of amides is 1. The van der Waals surface area contributed by atoms with Gasteiger partial charge >= 0.3 is 0 Å². The van der Waals surface area contributed by atoms with Crippen molar-refractivity contribution in [2.24, 2.45) is 5.92 Å². The molecule has 9 heteroatoms. The Morgan fingerprint density at radius 1 is 1.00 bits per heavy atom. The number of hydrogen-bond acceptors (Lipinski definition) is 5. The third-order valence-corrected chi connectivity index (χ3v) is 8.43. The van der Waals surface area contributed by atoms with Crippen molar-refractivity contribution in [2.75, 3.05) is 38.5 Å². The van der Waals surface area contributed by atoms with Crippen molar-refractivity contribution >= 4 is 33.2 Å². The predicted molar refractivity (Wildman–Crippen MR) is 129 cm³/mol. The number of halogens is 1. The Bertz CT molecular complexity index is 1050. The molecule has 1 atom stereocenters. The van der Waals surface area contributed by atoms with Crippen LogP contribution in [-0.4, -0.2) is 62.9 Å². The summed E-state index contributed by atoms with van der Waals surface area (Å²) in [5, 5.41) is 3.41. The molecule has 1 amide bonds. The van der Waals surface area contributed by atoms with Crippen LogP contribution < -0.4 is 10.1 Å². The van der Waals surface area contributed by atoms with E-state index >= 15 is 0 Å². The molecule has 2 aliphatic heterocycles. The van der Waals surface area contributed by atoms with E-state index in [0.29, 0.717) is 30.1 Å². The second kappa shape index (κ2) is 10.4. The summed E-state index contributed by atoms with van der Waals surface area (Å²) in [6.07, 6.45) is 3.51. The number of anilines is 1. The number of carbonyl (C=O) groups excluding carboxylic acids is 1. The summed E-state index contributed by atoms with van der Waals surface area (Å²) in [7, 11) is -1.55. The van der Waals surface area contributed by atoms with E-state index < -0.39 is 15.9 Å². The van der Waals surface area contributed by atoms with Crippen LogP contribution in [0.25, 0.3) is 0 Å². The third kappa shape index (κ3) is 6.06.